The third kappa shape index (κ3) is 5.78. The van der Waals surface area contributed by atoms with E-state index in [0.29, 0.717) is 41.7 Å². The second-order valence-electron chi connectivity index (χ2n) is 10.4. The van der Waals surface area contributed by atoms with Crippen LogP contribution in [0.3, 0.4) is 0 Å². The lowest BCUT2D eigenvalue weighted by Crippen LogP contribution is -2.46. The van der Waals surface area contributed by atoms with Crippen LogP contribution in [0.4, 0.5) is 9.18 Å². The van der Waals surface area contributed by atoms with E-state index in [0.717, 1.165) is 16.7 Å². The molecule has 1 aliphatic carbocycles. The lowest BCUT2D eigenvalue weighted by Gasteiger charge is -2.39. The first-order valence-corrected chi connectivity index (χ1v) is 14.7. The maximum Gasteiger partial charge on any atom is 0.407 e. The summed E-state index contributed by atoms with van der Waals surface area (Å²) >= 11 is 7.80. The Kier molecular flexibility index (Phi) is 8.66. The zero-order valence-electron chi connectivity index (χ0n) is 23.1. The van der Waals surface area contributed by atoms with Crippen molar-refractivity contribution < 1.29 is 23.8 Å². The molecule has 1 saturated carbocycles. The van der Waals surface area contributed by atoms with Gasteiger partial charge < -0.3 is 19.6 Å². The van der Waals surface area contributed by atoms with E-state index in [2.05, 4.69) is 6.07 Å². The molecule has 42 heavy (non-hydrogen) atoms. The third-order valence-corrected chi connectivity index (χ3v) is 9.62. The molecule has 4 aromatic rings. The lowest BCUT2D eigenvalue weighted by atomic mass is 9.89. The monoisotopic (exact) mass is 605 g/mol. The van der Waals surface area contributed by atoms with Gasteiger partial charge in [-0.2, -0.15) is 5.26 Å². The SMILES string of the molecule is COc1ccc(-c2ccc(C#N)cc2)cc1CN(C(=O)c1sc2cccc(F)c2c1Cl)C1CCC(N(C)C(=O)O)CC1. The summed E-state index contributed by atoms with van der Waals surface area (Å²) in [6.07, 6.45) is 1.43. The normalized spacial score (nSPS) is 16.5. The summed E-state index contributed by atoms with van der Waals surface area (Å²) in [4.78, 5) is 29.2. The van der Waals surface area contributed by atoms with Gasteiger partial charge in [0.2, 0.25) is 0 Å². The smallest absolute Gasteiger partial charge is 0.407 e. The van der Waals surface area contributed by atoms with E-state index >= 15 is 0 Å². The number of rotatable bonds is 7. The number of carbonyl (C=O) groups excluding carboxylic acids is 1. The highest BCUT2D eigenvalue weighted by Gasteiger charge is 2.34. The van der Waals surface area contributed by atoms with Gasteiger partial charge in [0, 0.05) is 41.3 Å². The summed E-state index contributed by atoms with van der Waals surface area (Å²) in [6.45, 7) is 0.212. The average molecular weight is 606 g/mol. The molecule has 1 fully saturated rings. The number of ether oxygens (including phenoxy) is 1. The number of hydrogen-bond donors (Lipinski definition) is 1. The average Bonchev–Trinajstić information content (AvgIpc) is 3.36. The molecule has 1 aliphatic rings. The van der Waals surface area contributed by atoms with Crippen molar-refractivity contribution in [3.05, 3.63) is 87.5 Å². The van der Waals surface area contributed by atoms with Crippen molar-refractivity contribution in [2.24, 2.45) is 0 Å². The molecule has 10 heteroatoms. The van der Waals surface area contributed by atoms with Crippen LogP contribution < -0.4 is 4.74 Å². The van der Waals surface area contributed by atoms with Gasteiger partial charge in [0.15, 0.2) is 0 Å². The first kappa shape index (κ1) is 29.4. The molecule has 0 bridgehead atoms. The number of amides is 2. The number of nitriles is 1. The van der Waals surface area contributed by atoms with Crippen molar-refractivity contribution in [2.75, 3.05) is 14.2 Å². The number of nitrogens with zero attached hydrogens (tertiary/aromatic N) is 3. The minimum atomic E-state index is -0.977. The van der Waals surface area contributed by atoms with Gasteiger partial charge in [0.1, 0.15) is 16.4 Å². The van der Waals surface area contributed by atoms with Crippen LogP contribution in [0.15, 0.2) is 60.7 Å². The van der Waals surface area contributed by atoms with Gasteiger partial charge in [-0.3, -0.25) is 4.79 Å². The van der Waals surface area contributed by atoms with E-state index < -0.39 is 11.9 Å². The molecule has 0 atom stereocenters. The van der Waals surface area contributed by atoms with E-state index in [1.54, 1.807) is 43.3 Å². The summed E-state index contributed by atoms with van der Waals surface area (Å²) in [7, 11) is 3.15. The first-order valence-electron chi connectivity index (χ1n) is 13.5. The molecule has 1 N–H and O–H groups in total. The van der Waals surface area contributed by atoms with Crippen LogP contribution in [-0.4, -0.2) is 53.1 Å². The summed E-state index contributed by atoms with van der Waals surface area (Å²) in [5.74, 6) is -0.173. The predicted octanol–water partition coefficient (Wildman–Crippen LogP) is 7.80. The molecule has 2 amide bonds. The molecule has 216 valence electrons. The molecular weight excluding hydrogens is 577 g/mol. The van der Waals surface area contributed by atoms with Crippen molar-refractivity contribution in [3.63, 3.8) is 0 Å². The summed E-state index contributed by atoms with van der Waals surface area (Å²) in [5, 5.41) is 19.0. The van der Waals surface area contributed by atoms with E-state index in [1.807, 2.05) is 30.3 Å². The van der Waals surface area contributed by atoms with Gasteiger partial charge in [-0.1, -0.05) is 35.9 Å². The fourth-order valence-electron chi connectivity index (χ4n) is 5.62. The molecule has 7 nitrogen and oxygen atoms in total. The van der Waals surface area contributed by atoms with E-state index in [-0.39, 0.29) is 39.8 Å². The number of halogens is 2. The maximum absolute atomic E-state index is 14.7. The van der Waals surface area contributed by atoms with Crippen LogP contribution in [0.1, 0.15) is 46.5 Å². The quantitative estimate of drug-likeness (QED) is 0.232. The zero-order valence-corrected chi connectivity index (χ0v) is 24.7. The second-order valence-corrected chi connectivity index (χ2v) is 11.8. The van der Waals surface area contributed by atoms with E-state index in [1.165, 1.54) is 22.3 Å². The summed E-state index contributed by atoms with van der Waals surface area (Å²) in [6, 6.07) is 19.5. The van der Waals surface area contributed by atoms with Gasteiger partial charge in [-0.05, 0) is 73.2 Å². The number of thiophene rings is 1. The number of benzene rings is 3. The standard InChI is InChI=1S/C32H29ClFN3O4S/c1-36(32(39)40)23-11-13-24(14-12-23)37(31(38)30-29(33)28-25(34)4-3-5-27(28)42-30)18-22-16-21(10-15-26(22)41-2)20-8-6-19(17-35)7-9-20/h3-10,15-16,23-24H,11-14,18H2,1-2H3,(H,39,40). The van der Waals surface area contributed by atoms with Crippen LogP contribution in [0, 0.1) is 17.1 Å². The molecule has 0 spiro atoms. The maximum atomic E-state index is 14.7. The summed E-state index contributed by atoms with van der Waals surface area (Å²) in [5.41, 5.74) is 3.15. The largest absolute Gasteiger partial charge is 0.496 e. The lowest BCUT2D eigenvalue weighted by molar-refractivity contribution is 0.0555. The number of fused-ring (bicyclic) bond motifs is 1. The topological polar surface area (TPSA) is 93.9 Å². The highest BCUT2D eigenvalue weighted by atomic mass is 35.5. The number of carboxylic acid groups (broad SMARTS) is 1. The predicted molar refractivity (Wildman–Crippen MR) is 162 cm³/mol. The Morgan fingerprint density at radius 1 is 1.07 bits per heavy atom. The van der Waals surface area contributed by atoms with Crippen molar-refractivity contribution >= 4 is 45.0 Å². The molecule has 1 heterocycles. The second kappa shape index (κ2) is 12.4. The van der Waals surface area contributed by atoms with Crippen LogP contribution in [0.25, 0.3) is 21.2 Å². The van der Waals surface area contributed by atoms with Crippen LogP contribution in [0.5, 0.6) is 5.75 Å². The van der Waals surface area contributed by atoms with Crippen molar-refractivity contribution in [1.82, 2.24) is 9.80 Å². The fraction of sp³-hybridized carbons (Fsp3) is 0.281. The Labute approximate surface area is 252 Å². The van der Waals surface area contributed by atoms with E-state index in [4.69, 9.17) is 16.3 Å². The van der Waals surface area contributed by atoms with Crippen LogP contribution >= 0.6 is 22.9 Å². The molecular formula is C32H29ClFN3O4S. The van der Waals surface area contributed by atoms with Gasteiger partial charge in [-0.15, -0.1) is 11.3 Å². The van der Waals surface area contributed by atoms with Gasteiger partial charge >= 0.3 is 6.09 Å². The van der Waals surface area contributed by atoms with E-state index in [9.17, 15) is 24.3 Å². The molecule has 0 unspecified atom stereocenters. The van der Waals surface area contributed by atoms with Crippen LogP contribution in [-0.2, 0) is 6.54 Å². The molecule has 1 aromatic heterocycles. The minimum absolute atomic E-state index is 0.0979. The molecule has 0 radical (unpaired) electrons. The van der Waals surface area contributed by atoms with Crippen molar-refractivity contribution in [2.45, 2.75) is 44.3 Å². The Morgan fingerprint density at radius 3 is 2.36 bits per heavy atom. The van der Waals surface area contributed by atoms with Crippen LogP contribution in [0.2, 0.25) is 5.02 Å². The molecule has 3 aromatic carbocycles. The Bertz CT molecular complexity index is 1680. The van der Waals surface area contributed by atoms with Gasteiger partial charge in [0.05, 0.1) is 23.8 Å². The fourth-order valence-corrected chi connectivity index (χ4v) is 7.13. The minimum Gasteiger partial charge on any atom is -0.496 e. The number of methoxy groups -OCH3 is 1. The number of hydrogen-bond acceptors (Lipinski definition) is 5. The van der Waals surface area contributed by atoms with Crippen molar-refractivity contribution in [1.29, 1.82) is 5.26 Å². The third-order valence-electron chi connectivity index (χ3n) is 7.99. The number of carbonyl (C=O) groups is 2. The molecule has 0 aliphatic heterocycles. The molecule has 5 rings (SSSR count). The van der Waals surface area contributed by atoms with Crippen molar-refractivity contribution in [3.8, 4) is 22.9 Å². The Hall–Kier alpha value is -4.13. The Morgan fingerprint density at radius 2 is 1.74 bits per heavy atom. The zero-order chi connectivity index (χ0) is 30.0. The Balaban J connectivity index is 1.52. The summed E-state index contributed by atoms with van der Waals surface area (Å²) < 4.78 is 20.9. The molecule has 0 saturated heterocycles. The van der Waals surface area contributed by atoms with Gasteiger partial charge in [0.25, 0.3) is 5.91 Å². The highest BCUT2D eigenvalue weighted by molar-refractivity contribution is 7.21. The highest BCUT2D eigenvalue weighted by Crippen LogP contribution is 2.40. The van der Waals surface area contributed by atoms with Gasteiger partial charge in [-0.25, -0.2) is 9.18 Å². The first-order chi connectivity index (χ1) is 20.2.